The number of ether oxygens (including phenoxy) is 4. The minimum absolute atomic E-state index is 0.306. The normalized spacial score (nSPS) is 34.0. The van der Waals surface area contributed by atoms with Gasteiger partial charge >= 0.3 is 0 Å². The lowest BCUT2D eigenvalue weighted by Crippen LogP contribution is -2.48. The molecular weight excluding hydrogens is 316 g/mol. The molecule has 1 aromatic rings. The fourth-order valence-corrected chi connectivity index (χ4v) is 3.06. The number of aliphatic hydroxyl groups is 3. The zero-order valence-corrected chi connectivity index (χ0v) is 13.7. The zero-order chi connectivity index (χ0) is 17.3. The SMILES string of the molecule is CC1(C)O[C@H]2O[C@H]([C@H](O)[C@H](O)CO)[C@H](OCc3ccccc3)[C@H]2O1. The number of aliphatic hydroxyl groups excluding tert-OH is 3. The molecule has 0 bridgehead atoms. The van der Waals surface area contributed by atoms with Crippen molar-refractivity contribution in [2.75, 3.05) is 6.61 Å². The monoisotopic (exact) mass is 340 g/mol. The molecule has 2 aliphatic rings. The van der Waals surface area contributed by atoms with Crippen LogP contribution in [0.5, 0.6) is 0 Å². The third-order valence-electron chi connectivity index (χ3n) is 4.23. The topological polar surface area (TPSA) is 97.6 Å². The molecule has 3 rings (SSSR count). The maximum Gasteiger partial charge on any atom is 0.190 e. The first-order valence-corrected chi connectivity index (χ1v) is 8.05. The molecule has 1 aromatic carbocycles. The van der Waals surface area contributed by atoms with Crippen LogP contribution in [0, 0.1) is 0 Å². The Kier molecular flexibility index (Phi) is 5.22. The quantitative estimate of drug-likeness (QED) is 0.679. The number of rotatable bonds is 6. The summed E-state index contributed by atoms with van der Waals surface area (Å²) < 4.78 is 23.2. The van der Waals surface area contributed by atoms with Crippen molar-refractivity contribution in [1.29, 1.82) is 0 Å². The largest absolute Gasteiger partial charge is 0.394 e. The highest BCUT2D eigenvalue weighted by atomic mass is 16.8. The van der Waals surface area contributed by atoms with Gasteiger partial charge in [-0.15, -0.1) is 0 Å². The fourth-order valence-electron chi connectivity index (χ4n) is 3.06. The van der Waals surface area contributed by atoms with E-state index in [1.54, 1.807) is 13.8 Å². The van der Waals surface area contributed by atoms with E-state index in [2.05, 4.69) is 0 Å². The highest BCUT2D eigenvalue weighted by molar-refractivity contribution is 5.13. The molecule has 0 unspecified atom stereocenters. The summed E-state index contributed by atoms with van der Waals surface area (Å²) in [4.78, 5) is 0. The summed E-state index contributed by atoms with van der Waals surface area (Å²) in [6.07, 6.45) is -5.34. The second-order valence-electron chi connectivity index (χ2n) is 6.57. The minimum Gasteiger partial charge on any atom is -0.394 e. The molecule has 2 fully saturated rings. The van der Waals surface area contributed by atoms with Crippen molar-refractivity contribution in [1.82, 2.24) is 0 Å². The number of benzene rings is 1. The van der Waals surface area contributed by atoms with Crippen LogP contribution < -0.4 is 0 Å². The van der Waals surface area contributed by atoms with E-state index in [0.29, 0.717) is 6.61 Å². The van der Waals surface area contributed by atoms with Crippen molar-refractivity contribution in [3.05, 3.63) is 35.9 Å². The lowest BCUT2D eigenvalue weighted by atomic mass is 10.0. The van der Waals surface area contributed by atoms with E-state index >= 15 is 0 Å². The van der Waals surface area contributed by atoms with E-state index in [-0.39, 0.29) is 0 Å². The first-order valence-electron chi connectivity index (χ1n) is 8.05. The van der Waals surface area contributed by atoms with E-state index in [0.717, 1.165) is 5.56 Å². The van der Waals surface area contributed by atoms with E-state index in [4.69, 9.17) is 24.1 Å². The summed E-state index contributed by atoms with van der Waals surface area (Å²) in [6.45, 7) is 3.28. The Labute approximate surface area is 140 Å². The van der Waals surface area contributed by atoms with Crippen LogP contribution >= 0.6 is 0 Å². The standard InChI is InChI=1S/C17H24O7/c1-17(2)23-15-14(21-9-10-6-4-3-5-7-10)13(22-16(15)24-17)12(20)11(19)8-18/h3-7,11-16,18-20H,8-9H2,1-2H3/t11-,12-,13-,14+,15-,16-/m1/s1. The van der Waals surface area contributed by atoms with Gasteiger partial charge in [-0.05, 0) is 19.4 Å². The molecular formula is C17H24O7. The van der Waals surface area contributed by atoms with E-state index in [1.807, 2.05) is 30.3 Å². The molecule has 7 heteroatoms. The van der Waals surface area contributed by atoms with Crippen molar-refractivity contribution in [2.24, 2.45) is 0 Å². The third kappa shape index (κ3) is 3.62. The Morgan fingerprint density at radius 3 is 2.54 bits per heavy atom. The molecule has 0 saturated carbocycles. The zero-order valence-electron chi connectivity index (χ0n) is 13.7. The van der Waals surface area contributed by atoms with Crippen molar-refractivity contribution < 1.29 is 34.3 Å². The van der Waals surface area contributed by atoms with Gasteiger partial charge in [-0.1, -0.05) is 30.3 Å². The second-order valence-corrected chi connectivity index (χ2v) is 6.57. The van der Waals surface area contributed by atoms with Gasteiger partial charge in [-0.2, -0.15) is 0 Å². The molecule has 0 aromatic heterocycles. The highest BCUT2D eigenvalue weighted by Crippen LogP contribution is 2.40. The molecule has 0 spiro atoms. The number of hydrogen-bond acceptors (Lipinski definition) is 7. The summed E-state index contributed by atoms with van der Waals surface area (Å²) in [6, 6.07) is 9.59. The van der Waals surface area contributed by atoms with E-state index < -0.39 is 49.2 Å². The molecule has 0 aliphatic carbocycles. The summed E-state index contributed by atoms with van der Waals surface area (Å²) in [7, 11) is 0. The maximum atomic E-state index is 10.2. The molecule has 134 valence electrons. The summed E-state index contributed by atoms with van der Waals surface area (Å²) in [5.41, 5.74) is 0.968. The van der Waals surface area contributed by atoms with Crippen LogP contribution in [0.1, 0.15) is 19.4 Å². The molecule has 7 nitrogen and oxygen atoms in total. The van der Waals surface area contributed by atoms with Gasteiger partial charge in [-0.25, -0.2) is 0 Å². The second kappa shape index (κ2) is 7.05. The van der Waals surface area contributed by atoms with Crippen LogP contribution in [-0.4, -0.2) is 64.5 Å². The van der Waals surface area contributed by atoms with E-state index in [9.17, 15) is 10.2 Å². The van der Waals surface area contributed by atoms with Gasteiger partial charge in [0.05, 0.1) is 13.2 Å². The first-order chi connectivity index (χ1) is 11.4. The van der Waals surface area contributed by atoms with Gasteiger partial charge in [-0.3, -0.25) is 0 Å². The number of hydrogen-bond donors (Lipinski definition) is 3. The predicted octanol–water partition coefficient (Wildman–Crippen LogP) is 0.162. The van der Waals surface area contributed by atoms with Gasteiger partial charge in [0, 0.05) is 0 Å². The lowest BCUT2D eigenvalue weighted by Gasteiger charge is -2.30. The Balaban J connectivity index is 1.74. The molecule has 0 amide bonds. The minimum atomic E-state index is -1.33. The maximum absolute atomic E-state index is 10.2. The molecule has 24 heavy (non-hydrogen) atoms. The average molecular weight is 340 g/mol. The van der Waals surface area contributed by atoms with Gasteiger partial charge in [0.1, 0.15) is 30.5 Å². The van der Waals surface area contributed by atoms with Crippen molar-refractivity contribution in [2.45, 2.75) is 63.1 Å². The van der Waals surface area contributed by atoms with Crippen LogP contribution in [0.3, 0.4) is 0 Å². The van der Waals surface area contributed by atoms with E-state index in [1.165, 1.54) is 0 Å². The predicted molar refractivity (Wildman–Crippen MR) is 82.8 cm³/mol. The van der Waals surface area contributed by atoms with Gasteiger partial charge in [0.25, 0.3) is 0 Å². The summed E-state index contributed by atoms with van der Waals surface area (Å²) >= 11 is 0. The summed E-state index contributed by atoms with van der Waals surface area (Å²) in [5, 5.41) is 29.1. The average Bonchev–Trinajstić information content (AvgIpc) is 3.04. The Morgan fingerprint density at radius 1 is 1.17 bits per heavy atom. The fraction of sp³-hybridized carbons (Fsp3) is 0.647. The van der Waals surface area contributed by atoms with Crippen molar-refractivity contribution >= 4 is 0 Å². The van der Waals surface area contributed by atoms with Crippen LogP contribution in [0.2, 0.25) is 0 Å². The first kappa shape index (κ1) is 17.8. The van der Waals surface area contributed by atoms with Crippen LogP contribution in [0.4, 0.5) is 0 Å². The van der Waals surface area contributed by atoms with Gasteiger partial charge < -0.3 is 34.3 Å². The Hall–Kier alpha value is -1.06. The lowest BCUT2D eigenvalue weighted by molar-refractivity contribution is -0.237. The van der Waals surface area contributed by atoms with Crippen molar-refractivity contribution in [3.8, 4) is 0 Å². The smallest absolute Gasteiger partial charge is 0.190 e. The van der Waals surface area contributed by atoms with Crippen LogP contribution in [-0.2, 0) is 25.6 Å². The Bertz CT molecular complexity index is 535. The molecule has 3 N–H and O–H groups in total. The molecule has 2 heterocycles. The summed E-state index contributed by atoms with van der Waals surface area (Å²) in [5.74, 6) is -0.810. The van der Waals surface area contributed by atoms with Crippen LogP contribution in [0.15, 0.2) is 30.3 Å². The molecule has 2 aliphatic heterocycles. The van der Waals surface area contributed by atoms with Gasteiger partial charge in [0.15, 0.2) is 12.1 Å². The van der Waals surface area contributed by atoms with Crippen LogP contribution in [0.25, 0.3) is 0 Å². The molecule has 2 saturated heterocycles. The highest BCUT2D eigenvalue weighted by Gasteiger charge is 2.57. The Morgan fingerprint density at radius 2 is 1.88 bits per heavy atom. The van der Waals surface area contributed by atoms with Gasteiger partial charge in [0.2, 0.25) is 0 Å². The molecule has 0 radical (unpaired) electrons. The molecule has 6 atom stereocenters. The third-order valence-corrected chi connectivity index (χ3v) is 4.23. The van der Waals surface area contributed by atoms with Crippen molar-refractivity contribution in [3.63, 3.8) is 0 Å². The number of fused-ring (bicyclic) bond motifs is 1.